The summed E-state index contributed by atoms with van der Waals surface area (Å²) in [5.74, 6) is -1.57. The molecule has 0 bridgehead atoms. The number of Topliss-reactive ketones (excluding diaryl/α,β-unsaturated/α-hetero) is 3. The first-order valence-electron chi connectivity index (χ1n) is 7.42. The van der Waals surface area contributed by atoms with E-state index in [1.807, 2.05) is 0 Å². The van der Waals surface area contributed by atoms with Crippen molar-refractivity contribution >= 4 is 23.3 Å². The number of carbonyl (C=O) groups is 4. The predicted molar refractivity (Wildman–Crippen MR) is 89.9 cm³/mol. The Morgan fingerprint density at radius 3 is 1.48 bits per heavy atom. The van der Waals surface area contributed by atoms with Gasteiger partial charge in [-0.05, 0) is 57.2 Å². The fourth-order valence-corrected chi connectivity index (χ4v) is 2.39. The van der Waals surface area contributed by atoms with E-state index in [4.69, 9.17) is 9.84 Å². The molecule has 0 atom stereocenters. The van der Waals surface area contributed by atoms with Gasteiger partial charge in [-0.2, -0.15) is 0 Å². The molecule has 0 aromatic heterocycles. The SMILES string of the molecule is CC(=O)c1ccc(Oc2ccc(C(=O)O)c(C(C)=O)c2)cc1C(C)=O. The molecule has 0 unspecified atom stereocenters. The normalized spacial score (nSPS) is 10.2. The Labute approximate surface area is 144 Å². The van der Waals surface area contributed by atoms with Crippen molar-refractivity contribution in [3.63, 3.8) is 0 Å². The Morgan fingerprint density at radius 1 is 0.680 bits per heavy atom. The van der Waals surface area contributed by atoms with Crippen LogP contribution in [0.2, 0.25) is 0 Å². The Kier molecular flexibility index (Phi) is 5.12. The lowest BCUT2D eigenvalue weighted by Crippen LogP contribution is -2.06. The maximum atomic E-state index is 11.7. The summed E-state index contributed by atoms with van der Waals surface area (Å²) in [7, 11) is 0. The highest BCUT2D eigenvalue weighted by Crippen LogP contribution is 2.27. The van der Waals surface area contributed by atoms with Crippen molar-refractivity contribution in [1.29, 1.82) is 0 Å². The molecule has 6 nitrogen and oxygen atoms in total. The van der Waals surface area contributed by atoms with Crippen LogP contribution >= 0.6 is 0 Å². The summed E-state index contributed by atoms with van der Waals surface area (Å²) >= 11 is 0. The summed E-state index contributed by atoms with van der Waals surface area (Å²) in [6.07, 6.45) is 0. The zero-order valence-electron chi connectivity index (χ0n) is 14.0. The Balaban J connectivity index is 2.43. The standard InChI is InChI=1S/C19H16O6/c1-10(20)15-6-4-13(8-17(15)11(2)21)25-14-5-7-16(19(23)24)18(9-14)12(3)22/h4-9H,1-3H3,(H,23,24). The number of hydrogen-bond donors (Lipinski definition) is 1. The van der Waals surface area contributed by atoms with Crippen molar-refractivity contribution in [2.24, 2.45) is 0 Å². The molecular formula is C19H16O6. The minimum absolute atomic E-state index is 0.0251. The molecule has 0 fully saturated rings. The molecule has 1 N–H and O–H groups in total. The molecule has 0 aliphatic heterocycles. The van der Waals surface area contributed by atoms with Crippen molar-refractivity contribution in [1.82, 2.24) is 0 Å². The largest absolute Gasteiger partial charge is 0.478 e. The van der Waals surface area contributed by atoms with E-state index in [-0.39, 0.29) is 34.0 Å². The number of rotatable bonds is 6. The van der Waals surface area contributed by atoms with E-state index in [0.717, 1.165) is 0 Å². The molecule has 0 saturated carbocycles. The summed E-state index contributed by atoms with van der Waals surface area (Å²) in [5.41, 5.74) is 0.442. The number of carboxylic acid groups (broad SMARTS) is 1. The van der Waals surface area contributed by atoms with Gasteiger partial charge < -0.3 is 9.84 Å². The van der Waals surface area contributed by atoms with Crippen molar-refractivity contribution in [3.8, 4) is 11.5 Å². The summed E-state index contributed by atoms with van der Waals surface area (Å²) < 4.78 is 5.62. The second-order valence-corrected chi connectivity index (χ2v) is 5.49. The molecule has 0 radical (unpaired) electrons. The van der Waals surface area contributed by atoms with Gasteiger partial charge >= 0.3 is 5.97 Å². The molecule has 0 saturated heterocycles. The number of aromatic carboxylic acids is 1. The highest BCUT2D eigenvalue weighted by Gasteiger charge is 2.16. The summed E-state index contributed by atoms with van der Waals surface area (Å²) in [5, 5.41) is 9.11. The van der Waals surface area contributed by atoms with Crippen molar-refractivity contribution in [2.45, 2.75) is 20.8 Å². The number of carbonyl (C=O) groups excluding carboxylic acids is 3. The van der Waals surface area contributed by atoms with E-state index >= 15 is 0 Å². The second-order valence-electron chi connectivity index (χ2n) is 5.49. The average Bonchev–Trinajstić information content (AvgIpc) is 2.54. The monoisotopic (exact) mass is 340 g/mol. The molecule has 2 rings (SSSR count). The first kappa shape index (κ1) is 18.1. The number of ketones is 3. The molecule has 6 heteroatoms. The van der Waals surface area contributed by atoms with E-state index in [1.165, 1.54) is 57.2 Å². The van der Waals surface area contributed by atoms with Crippen LogP contribution in [-0.2, 0) is 0 Å². The molecular weight excluding hydrogens is 324 g/mol. The van der Waals surface area contributed by atoms with Gasteiger partial charge in [0.05, 0.1) is 5.56 Å². The van der Waals surface area contributed by atoms with E-state index < -0.39 is 11.8 Å². The van der Waals surface area contributed by atoms with Gasteiger partial charge in [-0.25, -0.2) is 4.79 Å². The highest BCUT2D eigenvalue weighted by molar-refractivity contribution is 6.07. The molecule has 2 aromatic rings. The van der Waals surface area contributed by atoms with Gasteiger partial charge in [-0.1, -0.05) is 0 Å². The van der Waals surface area contributed by atoms with Crippen LogP contribution in [0.5, 0.6) is 11.5 Å². The fraction of sp³-hybridized carbons (Fsp3) is 0.158. The van der Waals surface area contributed by atoms with Crippen molar-refractivity contribution in [3.05, 3.63) is 58.7 Å². The van der Waals surface area contributed by atoms with Gasteiger partial charge in [-0.15, -0.1) is 0 Å². The Morgan fingerprint density at radius 2 is 1.08 bits per heavy atom. The van der Waals surface area contributed by atoms with Gasteiger partial charge in [0, 0.05) is 16.7 Å². The third-order valence-corrected chi connectivity index (χ3v) is 3.59. The molecule has 0 aliphatic carbocycles. The topological polar surface area (TPSA) is 97.7 Å². The zero-order chi connectivity index (χ0) is 18.7. The van der Waals surface area contributed by atoms with Gasteiger partial charge in [0.25, 0.3) is 0 Å². The first-order valence-corrected chi connectivity index (χ1v) is 7.42. The quantitative estimate of drug-likeness (QED) is 0.804. The minimum Gasteiger partial charge on any atom is -0.478 e. The summed E-state index contributed by atoms with van der Waals surface area (Å²) in [6.45, 7) is 3.98. The maximum absolute atomic E-state index is 11.7. The number of carboxylic acids is 1. The molecule has 0 aliphatic rings. The second kappa shape index (κ2) is 7.09. The van der Waals surface area contributed by atoms with E-state index in [1.54, 1.807) is 0 Å². The van der Waals surface area contributed by atoms with Crippen LogP contribution in [0.3, 0.4) is 0 Å². The Hall–Kier alpha value is -3.28. The van der Waals surface area contributed by atoms with E-state index in [2.05, 4.69) is 0 Å². The van der Waals surface area contributed by atoms with Crippen LogP contribution in [0.1, 0.15) is 62.2 Å². The Bertz CT molecular complexity index is 821. The minimum atomic E-state index is -1.21. The molecule has 0 spiro atoms. The number of hydrogen-bond acceptors (Lipinski definition) is 5. The van der Waals surface area contributed by atoms with Gasteiger partial charge in [-0.3, -0.25) is 14.4 Å². The summed E-state index contributed by atoms with van der Waals surface area (Å²) in [6, 6.07) is 8.50. The van der Waals surface area contributed by atoms with Crippen LogP contribution in [0, 0.1) is 0 Å². The lowest BCUT2D eigenvalue weighted by atomic mass is 10.0. The van der Waals surface area contributed by atoms with E-state index in [9.17, 15) is 19.2 Å². The molecule has 2 aromatic carbocycles. The van der Waals surface area contributed by atoms with Crippen LogP contribution in [0.25, 0.3) is 0 Å². The van der Waals surface area contributed by atoms with Crippen LogP contribution in [0.15, 0.2) is 36.4 Å². The van der Waals surface area contributed by atoms with Crippen molar-refractivity contribution < 1.29 is 29.0 Å². The average molecular weight is 340 g/mol. The van der Waals surface area contributed by atoms with Crippen LogP contribution in [-0.4, -0.2) is 28.4 Å². The van der Waals surface area contributed by atoms with Crippen LogP contribution in [0.4, 0.5) is 0 Å². The third-order valence-electron chi connectivity index (χ3n) is 3.59. The molecule has 128 valence electrons. The summed E-state index contributed by atoms with van der Waals surface area (Å²) in [4.78, 5) is 46.1. The van der Waals surface area contributed by atoms with Gasteiger partial charge in [0.15, 0.2) is 17.3 Å². The van der Waals surface area contributed by atoms with Crippen LogP contribution < -0.4 is 4.74 Å². The maximum Gasteiger partial charge on any atom is 0.336 e. The lowest BCUT2D eigenvalue weighted by Gasteiger charge is -2.11. The van der Waals surface area contributed by atoms with Crippen molar-refractivity contribution in [2.75, 3.05) is 0 Å². The smallest absolute Gasteiger partial charge is 0.336 e. The molecule has 0 heterocycles. The first-order chi connectivity index (χ1) is 11.7. The predicted octanol–water partition coefficient (Wildman–Crippen LogP) is 3.78. The zero-order valence-corrected chi connectivity index (χ0v) is 14.0. The molecule has 0 amide bonds. The van der Waals surface area contributed by atoms with E-state index in [0.29, 0.717) is 11.3 Å². The highest BCUT2D eigenvalue weighted by atomic mass is 16.5. The fourth-order valence-electron chi connectivity index (χ4n) is 2.39. The number of benzene rings is 2. The third kappa shape index (κ3) is 3.98. The lowest BCUT2D eigenvalue weighted by molar-refractivity contribution is 0.0692. The molecule has 25 heavy (non-hydrogen) atoms. The van der Waals surface area contributed by atoms with Gasteiger partial charge in [0.1, 0.15) is 11.5 Å². The number of ether oxygens (including phenoxy) is 1. The van der Waals surface area contributed by atoms with Gasteiger partial charge in [0.2, 0.25) is 0 Å².